The van der Waals surface area contributed by atoms with Crippen LogP contribution in [0.1, 0.15) is 9.75 Å². The Morgan fingerprint density at radius 2 is 2.25 bits per heavy atom. The zero-order valence-corrected chi connectivity index (χ0v) is 17.2. The molecule has 0 aliphatic carbocycles. The number of halogens is 4. The number of thiophene rings is 2. The summed E-state index contributed by atoms with van der Waals surface area (Å²) in [4.78, 5) is 6.61. The minimum absolute atomic E-state index is 0. The van der Waals surface area contributed by atoms with Crippen LogP contribution in [0.5, 0.6) is 0 Å². The van der Waals surface area contributed by atoms with Gasteiger partial charge in [0.2, 0.25) is 0 Å². The van der Waals surface area contributed by atoms with Crippen LogP contribution in [0.3, 0.4) is 0 Å². The molecule has 1 atom stereocenters. The third-order valence-electron chi connectivity index (χ3n) is 3.30. The van der Waals surface area contributed by atoms with Gasteiger partial charge in [0.1, 0.15) is 11.8 Å². The molecule has 0 saturated heterocycles. The predicted molar refractivity (Wildman–Crippen MR) is 109 cm³/mol. The van der Waals surface area contributed by atoms with Crippen molar-refractivity contribution >= 4 is 78.5 Å². The van der Waals surface area contributed by atoms with Gasteiger partial charge in [-0.2, -0.15) is 0 Å². The fourth-order valence-electron chi connectivity index (χ4n) is 2.20. The summed E-state index contributed by atoms with van der Waals surface area (Å²) < 4.78 is 14.5. The lowest BCUT2D eigenvalue weighted by Crippen LogP contribution is -2.24. The van der Waals surface area contributed by atoms with Gasteiger partial charge in [-0.15, -0.1) is 35.1 Å². The van der Waals surface area contributed by atoms with E-state index in [1.165, 1.54) is 4.88 Å². The number of pyridine rings is 1. The quantitative estimate of drug-likeness (QED) is 0.458. The molecule has 130 valence electrons. The van der Waals surface area contributed by atoms with Gasteiger partial charge in [-0.3, -0.25) is 0 Å². The Hall–Kier alpha value is -0.440. The summed E-state index contributed by atoms with van der Waals surface area (Å²) in [5, 5.41) is 5.88. The van der Waals surface area contributed by atoms with Crippen molar-refractivity contribution in [3.8, 4) is 0 Å². The molecule has 3 N–H and O–H groups in total. The lowest BCUT2D eigenvalue weighted by atomic mass is 10.2. The average molecular weight is 471 g/mol. The fraction of sp³-hybridized carbons (Fsp3) is 0.267. The van der Waals surface area contributed by atoms with Gasteiger partial charge in [-0.05, 0) is 27.4 Å². The SMILES string of the molecule is Cl.N[C@@H](CF)Cc1sc2c(NCc3cccs3)cc(Cl)nc2c1Br. The standard InChI is InChI=1S/C15H14BrClFN3S2.ClH/c16-13-11(4-8(19)6-18)23-15-10(5-12(17)21-14(13)15)20-7-9-2-1-3-22-9;/h1-3,5,8H,4,6-7,19H2,(H,20,21);1H/t8-;/m1./s1. The predicted octanol–water partition coefficient (Wildman–Crippen LogP) is 5.65. The molecule has 0 aliphatic heterocycles. The number of rotatable bonds is 6. The van der Waals surface area contributed by atoms with Gasteiger partial charge in [0.05, 0.1) is 20.4 Å². The second-order valence-electron chi connectivity index (χ2n) is 5.06. The maximum atomic E-state index is 12.7. The van der Waals surface area contributed by atoms with Crippen molar-refractivity contribution in [2.24, 2.45) is 5.73 Å². The van der Waals surface area contributed by atoms with E-state index in [0.717, 1.165) is 31.8 Å². The Morgan fingerprint density at radius 3 is 2.92 bits per heavy atom. The van der Waals surface area contributed by atoms with Gasteiger partial charge in [0.25, 0.3) is 0 Å². The van der Waals surface area contributed by atoms with Crippen LogP contribution in [-0.2, 0) is 13.0 Å². The van der Waals surface area contributed by atoms with Gasteiger partial charge in [-0.1, -0.05) is 17.7 Å². The van der Waals surface area contributed by atoms with Crippen molar-refractivity contribution in [2.45, 2.75) is 19.0 Å². The van der Waals surface area contributed by atoms with Crippen molar-refractivity contribution in [3.63, 3.8) is 0 Å². The van der Waals surface area contributed by atoms with Gasteiger partial charge in [0.15, 0.2) is 0 Å². The highest BCUT2D eigenvalue weighted by Gasteiger charge is 2.17. The van der Waals surface area contributed by atoms with Crippen LogP contribution in [0.4, 0.5) is 10.1 Å². The molecule has 3 aromatic rings. The Morgan fingerprint density at radius 1 is 1.46 bits per heavy atom. The molecule has 3 heterocycles. The normalized spacial score (nSPS) is 12.2. The molecule has 24 heavy (non-hydrogen) atoms. The third-order valence-corrected chi connectivity index (χ3v) is 6.72. The smallest absolute Gasteiger partial charge is 0.131 e. The summed E-state index contributed by atoms with van der Waals surface area (Å²) >= 11 is 13.0. The molecule has 0 radical (unpaired) electrons. The first-order valence-corrected chi connectivity index (χ1v) is 9.80. The average Bonchev–Trinajstić information content (AvgIpc) is 3.15. The second kappa shape index (κ2) is 8.78. The van der Waals surface area contributed by atoms with E-state index in [0.29, 0.717) is 11.6 Å². The van der Waals surface area contributed by atoms with Crippen molar-refractivity contribution in [3.05, 3.63) is 43.0 Å². The summed E-state index contributed by atoms with van der Waals surface area (Å²) in [6.45, 7) is 0.181. The van der Waals surface area contributed by atoms with E-state index in [4.69, 9.17) is 17.3 Å². The maximum absolute atomic E-state index is 12.7. The van der Waals surface area contributed by atoms with Crippen LogP contribution in [-0.4, -0.2) is 17.7 Å². The molecular weight excluding hydrogens is 456 g/mol. The number of hydrogen-bond donors (Lipinski definition) is 2. The molecule has 3 aromatic heterocycles. The molecule has 9 heteroatoms. The van der Waals surface area contributed by atoms with E-state index >= 15 is 0 Å². The first-order chi connectivity index (χ1) is 11.1. The van der Waals surface area contributed by atoms with Crippen molar-refractivity contribution < 1.29 is 4.39 Å². The molecule has 0 fully saturated rings. The second-order valence-corrected chi connectivity index (χ2v) is 8.38. The van der Waals surface area contributed by atoms with E-state index in [-0.39, 0.29) is 12.4 Å². The Labute approximate surface area is 167 Å². The molecule has 0 spiro atoms. The lowest BCUT2D eigenvalue weighted by Gasteiger charge is -2.06. The Balaban J connectivity index is 0.00000208. The highest BCUT2D eigenvalue weighted by molar-refractivity contribution is 9.10. The summed E-state index contributed by atoms with van der Waals surface area (Å²) in [5.41, 5.74) is 7.46. The van der Waals surface area contributed by atoms with Gasteiger partial charge in [-0.25, -0.2) is 9.37 Å². The maximum Gasteiger partial charge on any atom is 0.131 e. The van der Waals surface area contributed by atoms with Crippen molar-refractivity contribution in [1.29, 1.82) is 0 Å². The number of nitrogens with zero attached hydrogens (tertiary/aromatic N) is 1. The topological polar surface area (TPSA) is 50.9 Å². The Kier molecular flexibility index (Phi) is 7.27. The summed E-state index contributed by atoms with van der Waals surface area (Å²) in [6.07, 6.45) is 0.472. The number of fused-ring (bicyclic) bond motifs is 1. The van der Waals surface area contributed by atoms with Crippen LogP contribution < -0.4 is 11.1 Å². The number of nitrogens with two attached hydrogens (primary N) is 1. The van der Waals surface area contributed by atoms with E-state index < -0.39 is 12.7 Å². The monoisotopic (exact) mass is 469 g/mol. The van der Waals surface area contributed by atoms with E-state index in [1.807, 2.05) is 17.5 Å². The van der Waals surface area contributed by atoms with E-state index in [1.54, 1.807) is 22.7 Å². The first kappa shape index (κ1) is 19.9. The van der Waals surface area contributed by atoms with Gasteiger partial charge >= 0.3 is 0 Å². The molecule has 0 amide bonds. The zero-order chi connectivity index (χ0) is 16.4. The zero-order valence-electron chi connectivity index (χ0n) is 12.4. The molecule has 3 rings (SSSR count). The Bertz CT molecular complexity index is 811. The van der Waals surface area contributed by atoms with Crippen molar-refractivity contribution in [2.75, 3.05) is 12.0 Å². The van der Waals surface area contributed by atoms with Crippen molar-refractivity contribution in [1.82, 2.24) is 4.98 Å². The molecule has 0 saturated carbocycles. The van der Waals surface area contributed by atoms with E-state index in [2.05, 4.69) is 32.3 Å². The number of hydrogen-bond acceptors (Lipinski definition) is 5. The van der Waals surface area contributed by atoms with Crippen LogP contribution in [0, 0.1) is 0 Å². The third kappa shape index (κ3) is 4.39. The number of aromatic nitrogens is 1. The minimum Gasteiger partial charge on any atom is -0.379 e. The lowest BCUT2D eigenvalue weighted by molar-refractivity contribution is 0.428. The van der Waals surface area contributed by atoms with Crippen LogP contribution in [0.15, 0.2) is 28.1 Å². The summed E-state index contributed by atoms with van der Waals surface area (Å²) in [6, 6.07) is 5.42. The van der Waals surface area contributed by atoms with Crippen LogP contribution in [0.2, 0.25) is 5.15 Å². The summed E-state index contributed by atoms with van der Waals surface area (Å²) in [5.74, 6) is 0. The molecule has 0 unspecified atom stereocenters. The van der Waals surface area contributed by atoms with Gasteiger partial charge < -0.3 is 11.1 Å². The molecule has 0 bridgehead atoms. The summed E-state index contributed by atoms with van der Waals surface area (Å²) in [7, 11) is 0. The highest BCUT2D eigenvalue weighted by Crippen LogP contribution is 2.40. The molecule has 0 aromatic carbocycles. The molecule has 3 nitrogen and oxygen atoms in total. The number of alkyl halides is 1. The van der Waals surface area contributed by atoms with E-state index in [9.17, 15) is 4.39 Å². The van der Waals surface area contributed by atoms with Crippen LogP contribution in [0.25, 0.3) is 10.2 Å². The minimum atomic E-state index is -0.543. The first-order valence-electron chi connectivity index (χ1n) is 6.93. The molecule has 0 aliphatic rings. The largest absolute Gasteiger partial charge is 0.379 e. The van der Waals surface area contributed by atoms with Gasteiger partial charge in [0, 0.05) is 34.8 Å². The fourth-order valence-corrected chi connectivity index (χ4v) is 5.08. The molecular formula is C15H15BrCl2FN3S2. The number of anilines is 1. The highest BCUT2D eigenvalue weighted by atomic mass is 79.9. The van der Waals surface area contributed by atoms with Crippen LogP contribution >= 0.6 is 62.6 Å². The number of nitrogens with one attached hydrogen (secondary N) is 1.